The van der Waals surface area contributed by atoms with E-state index in [9.17, 15) is 0 Å². The highest BCUT2D eigenvalue weighted by molar-refractivity contribution is 14.1. The van der Waals surface area contributed by atoms with Gasteiger partial charge in [0.15, 0.2) is 0 Å². The van der Waals surface area contributed by atoms with Crippen molar-refractivity contribution in [2.24, 2.45) is 0 Å². The summed E-state index contributed by atoms with van der Waals surface area (Å²) in [5, 5.41) is 2.68. The van der Waals surface area contributed by atoms with Gasteiger partial charge < -0.3 is 0 Å². The molecule has 2 aliphatic carbocycles. The van der Waals surface area contributed by atoms with Crippen molar-refractivity contribution in [1.29, 1.82) is 0 Å². The average molecular weight is 448 g/mol. The molecule has 0 fully saturated rings. The highest BCUT2D eigenvalue weighted by Gasteiger charge is 2.37. The van der Waals surface area contributed by atoms with E-state index in [1.807, 2.05) is 0 Å². The maximum Gasteiger partial charge on any atom is 0.0209 e. The van der Waals surface area contributed by atoms with Crippen molar-refractivity contribution in [3.63, 3.8) is 0 Å². The van der Waals surface area contributed by atoms with E-state index in [0.717, 1.165) is 0 Å². The van der Waals surface area contributed by atoms with Crippen LogP contribution in [0.5, 0.6) is 0 Å². The molecule has 0 aliphatic heterocycles. The second-order valence-corrected chi connectivity index (χ2v) is 9.02. The van der Waals surface area contributed by atoms with Crippen LogP contribution < -0.4 is 0 Å². The molecule has 0 radical (unpaired) electrons. The van der Waals surface area contributed by atoms with Crippen LogP contribution in [0.15, 0.2) is 72.3 Å². The van der Waals surface area contributed by atoms with Gasteiger partial charge in [0.05, 0.1) is 0 Å². The van der Waals surface area contributed by atoms with Crippen LogP contribution in [-0.2, 0) is 5.41 Å². The normalized spacial score (nSPS) is 17.5. The molecule has 0 spiro atoms. The Morgan fingerprint density at radius 2 is 1.65 bits per heavy atom. The number of rotatable bonds is 1. The summed E-state index contributed by atoms with van der Waals surface area (Å²) in [6.07, 6.45) is 7.02. The molecule has 5 rings (SSSR count). The van der Waals surface area contributed by atoms with E-state index >= 15 is 0 Å². The van der Waals surface area contributed by atoms with E-state index in [0.29, 0.717) is 0 Å². The van der Waals surface area contributed by atoms with Gasteiger partial charge in [0.1, 0.15) is 0 Å². The van der Waals surface area contributed by atoms with E-state index in [-0.39, 0.29) is 5.41 Å². The largest absolute Gasteiger partial charge is 0.0836 e. The molecule has 0 N–H and O–H groups in total. The van der Waals surface area contributed by atoms with Crippen LogP contribution in [0.3, 0.4) is 0 Å². The zero-order valence-electron chi connectivity index (χ0n) is 15.1. The molecule has 0 heterocycles. The predicted molar refractivity (Wildman–Crippen MR) is 120 cm³/mol. The lowest BCUT2D eigenvalue weighted by Gasteiger charge is -2.26. The van der Waals surface area contributed by atoms with E-state index in [1.165, 1.54) is 55.0 Å². The van der Waals surface area contributed by atoms with Crippen LogP contribution in [0.25, 0.3) is 27.5 Å². The van der Waals surface area contributed by atoms with Crippen LogP contribution >= 0.6 is 22.6 Å². The Hall–Kier alpha value is -1.87. The summed E-state index contributed by atoms with van der Waals surface area (Å²) < 4.78 is 1.31. The second kappa shape index (κ2) is 5.82. The summed E-state index contributed by atoms with van der Waals surface area (Å²) in [6.45, 7) is 4.78. The number of benzene rings is 3. The molecule has 0 saturated carbocycles. The summed E-state index contributed by atoms with van der Waals surface area (Å²) in [4.78, 5) is 0. The molecule has 128 valence electrons. The van der Waals surface area contributed by atoms with Crippen molar-refractivity contribution in [2.45, 2.75) is 32.1 Å². The van der Waals surface area contributed by atoms with E-state index < -0.39 is 0 Å². The van der Waals surface area contributed by atoms with Crippen molar-refractivity contribution < 1.29 is 0 Å². The minimum absolute atomic E-state index is 0.129. The molecule has 0 bridgehead atoms. The number of hydrogen-bond acceptors (Lipinski definition) is 0. The fraction of sp³-hybridized carbons (Fsp3) is 0.200. The molecule has 3 aromatic carbocycles. The summed E-state index contributed by atoms with van der Waals surface area (Å²) in [6, 6.07) is 20.4. The summed E-state index contributed by atoms with van der Waals surface area (Å²) in [7, 11) is 0. The number of fused-ring (bicyclic) bond motifs is 3. The predicted octanol–water partition coefficient (Wildman–Crippen LogP) is 7.51. The van der Waals surface area contributed by atoms with Gasteiger partial charge in [-0.1, -0.05) is 74.0 Å². The molecule has 0 unspecified atom stereocenters. The third-order valence-corrected chi connectivity index (χ3v) is 7.03. The second-order valence-electron chi connectivity index (χ2n) is 7.86. The Balaban J connectivity index is 1.73. The Kier molecular flexibility index (Phi) is 3.65. The summed E-state index contributed by atoms with van der Waals surface area (Å²) in [5.74, 6) is 0. The lowest BCUT2D eigenvalue weighted by Crippen LogP contribution is -2.17. The third kappa shape index (κ3) is 2.26. The van der Waals surface area contributed by atoms with Crippen LogP contribution in [0.1, 0.15) is 37.8 Å². The van der Waals surface area contributed by atoms with E-state index in [4.69, 9.17) is 0 Å². The number of halogens is 1. The van der Waals surface area contributed by atoms with Crippen molar-refractivity contribution in [3.8, 4) is 11.1 Å². The van der Waals surface area contributed by atoms with Gasteiger partial charge in [-0.2, -0.15) is 0 Å². The van der Waals surface area contributed by atoms with Gasteiger partial charge in [-0.15, -0.1) is 0 Å². The van der Waals surface area contributed by atoms with Crippen LogP contribution in [-0.4, -0.2) is 0 Å². The first kappa shape index (κ1) is 16.3. The van der Waals surface area contributed by atoms with Gasteiger partial charge in [-0.05, 0) is 86.2 Å². The van der Waals surface area contributed by atoms with E-state index in [2.05, 4.69) is 103 Å². The summed E-state index contributed by atoms with van der Waals surface area (Å²) >= 11 is 2.44. The molecule has 0 nitrogen and oxygen atoms in total. The molecular formula is C25H21I. The van der Waals surface area contributed by atoms with Crippen molar-refractivity contribution in [3.05, 3.63) is 87.0 Å². The molecule has 26 heavy (non-hydrogen) atoms. The lowest BCUT2D eigenvalue weighted by atomic mass is 9.78. The van der Waals surface area contributed by atoms with Gasteiger partial charge >= 0.3 is 0 Å². The van der Waals surface area contributed by atoms with Gasteiger partial charge in [-0.25, -0.2) is 0 Å². The van der Waals surface area contributed by atoms with Gasteiger partial charge in [0, 0.05) is 8.99 Å². The first-order valence-corrected chi connectivity index (χ1v) is 10.4. The highest BCUT2D eigenvalue weighted by Crippen LogP contribution is 2.51. The topological polar surface area (TPSA) is 0 Å². The maximum absolute atomic E-state index is 2.44. The Labute approximate surface area is 168 Å². The quantitative estimate of drug-likeness (QED) is 0.338. The fourth-order valence-corrected chi connectivity index (χ4v) is 5.36. The Bertz CT molecular complexity index is 1110. The molecule has 1 heteroatoms. The maximum atomic E-state index is 2.44. The zero-order valence-corrected chi connectivity index (χ0v) is 17.3. The minimum Gasteiger partial charge on any atom is -0.0836 e. The first-order valence-electron chi connectivity index (χ1n) is 9.30. The lowest BCUT2D eigenvalue weighted by molar-refractivity contribution is 0.607. The highest BCUT2D eigenvalue weighted by atomic mass is 127. The van der Waals surface area contributed by atoms with Crippen LogP contribution in [0, 0.1) is 3.57 Å². The number of hydrogen-bond donors (Lipinski definition) is 0. The monoisotopic (exact) mass is 448 g/mol. The zero-order chi connectivity index (χ0) is 17.9. The molecule has 3 aromatic rings. The van der Waals surface area contributed by atoms with E-state index in [1.54, 1.807) is 5.57 Å². The average Bonchev–Trinajstić information content (AvgIpc) is 2.90. The number of allylic oxidation sites excluding steroid dienone is 4. The standard InChI is InChI=1S/C25H21I/c1-25(2)22-10-6-5-8-19(22)20-12-11-16(15-23(20)25)17-13-14-24(26)21-9-4-3-7-18(17)21/h3-5,7-9,11-15H,6,10H2,1-2H3. The molecular weight excluding hydrogens is 427 g/mol. The van der Waals surface area contributed by atoms with Crippen molar-refractivity contribution in [1.82, 2.24) is 0 Å². The Morgan fingerprint density at radius 3 is 2.50 bits per heavy atom. The van der Waals surface area contributed by atoms with Gasteiger partial charge in [0.25, 0.3) is 0 Å². The minimum atomic E-state index is 0.129. The SMILES string of the molecule is CC1(C)C2=C(C=CCC2)c2ccc(-c3ccc(I)c4ccccc34)cc21. The van der Waals surface area contributed by atoms with Crippen LogP contribution in [0.4, 0.5) is 0 Å². The fourth-order valence-electron chi connectivity index (χ4n) is 4.71. The summed E-state index contributed by atoms with van der Waals surface area (Å²) in [5.41, 5.74) is 8.78. The molecule has 0 aromatic heterocycles. The van der Waals surface area contributed by atoms with Gasteiger partial charge in [-0.3, -0.25) is 0 Å². The first-order chi connectivity index (χ1) is 12.6. The van der Waals surface area contributed by atoms with Crippen molar-refractivity contribution in [2.75, 3.05) is 0 Å². The van der Waals surface area contributed by atoms with Crippen LogP contribution in [0.2, 0.25) is 0 Å². The molecule has 0 amide bonds. The van der Waals surface area contributed by atoms with Crippen molar-refractivity contribution >= 4 is 38.9 Å². The Morgan fingerprint density at radius 1 is 0.885 bits per heavy atom. The van der Waals surface area contributed by atoms with Gasteiger partial charge in [0.2, 0.25) is 0 Å². The molecule has 0 saturated heterocycles. The third-order valence-electron chi connectivity index (χ3n) is 6.09. The molecule has 0 atom stereocenters. The molecule has 2 aliphatic rings. The smallest absolute Gasteiger partial charge is 0.0209 e.